The number of hydrazone groups is 1. The quantitative estimate of drug-likeness (QED) is 0.450. The summed E-state index contributed by atoms with van der Waals surface area (Å²) in [5, 5.41) is 24.7. The number of carbonyl (C=O) groups is 1. The fraction of sp³-hybridized carbons (Fsp3) is 0.100. The standard InChI is InChI=1S/C10H8Cl2N8O3/c11-6-2-7(12)8(20(22)23)1-5(6)3-14-15-9(21)4-19-10(13)16-17-18-19/h1-3H,4H2,(H,15,21)(H2,13,16,18)/b14-3-. The van der Waals surface area contributed by atoms with E-state index < -0.39 is 10.8 Å². The number of nitro benzene ring substituents is 1. The van der Waals surface area contributed by atoms with E-state index in [-0.39, 0.29) is 33.8 Å². The molecule has 11 nitrogen and oxygen atoms in total. The van der Waals surface area contributed by atoms with Gasteiger partial charge in [0, 0.05) is 11.6 Å². The van der Waals surface area contributed by atoms with Crippen molar-refractivity contribution in [3.05, 3.63) is 37.9 Å². The first kappa shape index (κ1) is 16.6. The van der Waals surface area contributed by atoms with Gasteiger partial charge in [-0.25, -0.2) is 10.1 Å². The number of carbonyl (C=O) groups excluding carboxylic acids is 1. The van der Waals surface area contributed by atoms with Crippen molar-refractivity contribution in [1.29, 1.82) is 0 Å². The lowest BCUT2D eigenvalue weighted by Gasteiger charge is -2.02. The molecule has 0 aliphatic carbocycles. The van der Waals surface area contributed by atoms with Gasteiger partial charge in [0.1, 0.15) is 11.6 Å². The lowest BCUT2D eigenvalue weighted by Crippen LogP contribution is -2.24. The Morgan fingerprint density at radius 2 is 2.22 bits per heavy atom. The van der Waals surface area contributed by atoms with E-state index in [1.54, 1.807) is 0 Å². The van der Waals surface area contributed by atoms with Gasteiger partial charge in [0.25, 0.3) is 11.6 Å². The van der Waals surface area contributed by atoms with Crippen molar-refractivity contribution >= 4 is 47.0 Å². The van der Waals surface area contributed by atoms with Crippen LogP contribution >= 0.6 is 23.2 Å². The first-order valence-electron chi connectivity index (χ1n) is 5.85. The number of halogens is 2. The third-order valence-corrected chi connectivity index (χ3v) is 3.14. The maximum atomic E-state index is 11.6. The number of nitrogen functional groups attached to an aromatic ring is 1. The van der Waals surface area contributed by atoms with Gasteiger partial charge in [0.05, 0.1) is 16.2 Å². The number of rotatable bonds is 5. The second-order valence-electron chi connectivity index (χ2n) is 4.07. The van der Waals surface area contributed by atoms with Gasteiger partial charge in [-0.3, -0.25) is 14.9 Å². The van der Waals surface area contributed by atoms with Crippen LogP contribution in [0.3, 0.4) is 0 Å². The summed E-state index contributed by atoms with van der Waals surface area (Å²) in [6.45, 7) is -0.245. The minimum atomic E-state index is -0.658. The van der Waals surface area contributed by atoms with Crippen LogP contribution in [0, 0.1) is 10.1 Å². The number of nitrogens with one attached hydrogen (secondary N) is 1. The highest BCUT2D eigenvalue weighted by Gasteiger charge is 2.15. The molecule has 1 amide bonds. The van der Waals surface area contributed by atoms with Crippen molar-refractivity contribution in [2.24, 2.45) is 5.10 Å². The predicted octanol–water partition coefficient (Wildman–Crippen LogP) is 0.621. The molecule has 0 saturated carbocycles. The minimum Gasteiger partial charge on any atom is -0.367 e. The van der Waals surface area contributed by atoms with E-state index in [0.29, 0.717) is 0 Å². The highest BCUT2D eigenvalue weighted by atomic mass is 35.5. The average Bonchev–Trinajstić information content (AvgIpc) is 2.86. The van der Waals surface area contributed by atoms with Gasteiger partial charge in [-0.15, -0.1) is 0 Å². The van der Waals surface area contributed by atoms with Gasteiger partial charge >= 0.3 is 0 Å². The fourth-order valence-corrected chi connectivity index (χ4v) is 1.96. The molecule has 0 saturated heterocycles. The molecule has 0 atom stereocenters. The van der Waals surface area contributed by atoms with Gasteiger partial charge < -0.3 is 5.73 Å². The molecule has 0 spiro atoms. The molecule has 0 aliphatic rings. The summed E-state index contributed by atoms with van der Waals surface area (Å²) < 4.78 is 1.06. The fourth-order valence-electron chi connectivity index (χ4n) is 1.46. The monoisotopic (exact) mass is 358 g/mol. The van der Waals surface area contributed by atoms with Crippen LogP contribution < -0.4 is 11.2 Å². The molecule has 3 N–H and O–H groups in total. The van der Waals surface area contributed by atoms with Crippen LogP contribution in [-0.2, 0) is 11.3 Å². The van der Waals surface area contributed by atoms with E-state index in [2.05, 4.69) is 26.1 Å². The van der Waals surface area contributed by atoms with E-state index in [9.17, 15) is 14.9 Å². The minimum absolute atomic E-state index is 0.0273. The molecular weight excluding hydrogens is 351 g/mol. The van der Waals surface area contributed by atoms with Gasteiger partial charge in [-0.2, -0.15) is 5.10 Å². The molecule has 1 aromatic carbocycles. The number of hydrogen-bond donors (Lipinski definition) is 2. The zero-order valence-corrected chi connectivity index (χ0v) is 12.7. The van der Waals surface area contributed by atoms with Gasteiger partial charge in [-0.1, -0.05) is 28.3 Å². The Balaban J connectivity index is 2.06. The molecule has 2 aromatic rings. The van der Waals surface area contributed by atoms with Crippen molar-refractivity contribution in [1.82, 2.24) is 25.6 Å². The van der Waals surface area contributed by atoms with Crippen LogP contribution in [0.4, 0.5) is 11.6 Å². The van der Waals surface area contributed by atoms with Crippen LogP contribution in [0.25, 0.3) is 0 Å². The predicted molar refractivity (Wildman–Crippen MR) is 81.1 cm³/mol. The zero-order chi connectivity index (χ0) is 17.0. The number of hydrogen-bond acceptors (Lipinski definition) is 8. The molecule has 0 fully saturated rings. The molecule has 1 aromatic heterocycles. The lowest BCUT2D eigenvalue weighted by atomic mass is 10.2. The van der Waals surface area contributed by atoms with Crippen LogP contribution in [0.5, 0.6) is 0 Å². The maximum Gasteiger partial charge on any atom is 0.288 e. The van der Waals surface area contributed by atoms with Gasteiger partial charge in [-0.05, 0) is 16.5 Å². The second-order valence-corrected chi connectivity index (χ2v) is 4.88. The van der Waals surface area contributed by atoms with Crippen LogP contribution in [0.1, 0.15) is 5.56 Å². The average molecular weight is 359 g/mol. The molecule has 0 unspecified atom stereocenters. The summed E-state index contributed by atoms with van der Waals surface area (Å²) in [6, 6.07) is 2.35. The summed E-state index contributed by atoms with van der Waals surface area (Å²) >= 11 is 11.6. The summed E-state index contributed by atoms with van der Waals surface area (Å²) in [6.07, 6.45) is 1.15. The molecule has 2 rings (SSSR count). The number of nitrogens with two attached hydrogens (primary N) is 1. The SMILES string of the molecule is Nc1nnnn1CC(=O)N/N=C\c1cc([N+](=O)[O-])c(Cl)cc1Cl. The van der Waals surface area contributed by atoms with Crippen molar-refractivity contribution in [3.8, 4) is 0 Å². The number of nitrogens with zero attached hydrogens (tertiary/aromatic N) is 6. The van der Waals surface area contributed by atoms with Gasteiger partial charge in [0.2, 0.25) is 5.95 Å². The topological polar surface area (TPSA) is 154 Å². The molecule has 0 aliphatic heterocycles. The van der Waals surface area contributed by atoms with E-state index in [1.165, 1.54) is 6.07 Å². The number of aromatic nitrogens is 4. The highest BCUT2D eigenvalue weighted by molar-refractivity contribution is 6.37. The Morgan fingerprint density at radius 3 is 2.83 bits per heavy atom. The second kappa shape index (κ2) is 6.98. The smallest absolute Gasteiger partial charge is 0.288 e. The van der Waals surface area contributed by atoms with Crippen LogP contribution in [-0.4, -0.2) is 37.3 Å². The number of benzene rings is 1. The van der Waals surface area contributed by atoms with E-state index in [0.717, 1.165) is 17.0 Å². The molecule has 13 heteroatoms. The Labute approximate surface area is 138 Å². The summed E-state index contributed by atoms with van der Waals surface area (Å²) in [5.74, 6) is -0.583. The summed E-state index contributed by atoms with van der Waals surface area (Å²) in [7, 11) is 0. The third-order valence-electron chi connectivity index (χ3n) is 2.51. The number of tetrazole rings is 1. The number of amides is 1. The molecule has 120 valence electrons. The molecule has 0 bridgehead atoms. The normalized spacial score (nSPS) is 10.9. The summed E-state index contributed by atoms with van der Waals surface area (Å²) in [4.78, 5) is 21.8. The molecular formula is C10H8Cl2N8O3. The van der Waals surface area contributed by atoms with E-state index in [4.69, 9.17) is 28.9 Å². The lowest BCUT2D eigenvalue weighted by molar-refractivity contribution is -0.384. The van der Waals surface area contributed by atoms with Crippen molar-refractivity contribution in [2.45, 2.75) is 6.54 Å². The third kappa shape index (κ3) is 4.11. The van der Waals surface area contributed by atoms with E-state index in [1.807, 2.05) is 0 Å². The zero-order valence-electron chi connectivity index (χ0n) is 11.2. The Kier molecular flexibility index (Phi) is 5.03. The number of nitro groups is 1. The van der Waals surface area contributed by atoms with Crippen molar-refractivity contribution in [3.63, 3.8) is 0 Å². The maximum absolute atomic E-state index is 11.6. The first-order valence-corrected chi connectivity index (χ1v) is 6.61. The molecule has 0 radical (unpaired) electrons. The Morgan fingerprint density at radius 1 is 1.48 bits per heavy atom. The van der Waals surface area contributed by atoms with Crippen molar-refractivity contribution in [2.75, 3.05) is 5.73 Å². The Hall–Kier alpha value is -2.79. The first-order chi connectivity index (χ1) is 10.9. The molecule has 1 heterocycles. The van der Waals surface area contributed by atoms with Crippen LogP contribution in [0.15, 0.2) is 17.2 Å². The highest BCUT2D eigenvalue weighted by Crippen LogP contribution is 2.29. The summed E-state index contributed by atoms with van der Waals surface area (Å²) in [5.41, 5.74) is 7.47. The van der Waals surface area contributed by atoms with Crippen LogP contribution in [0.2, 0.25) is 10.0 Å². The van der Waals surface area contributed by atoms with Crippen molar-refractivity contribution < 1.29 is 9.72 Å². The number of anilines is 1. The molecule has 23 heavy (non-hydrogen) atoms. The largest absolute Gasteiger partial charge is 0.367 e. The van der Waals surface area contributed by atoms with Gasteiger partial charge in [0.15, 0.2) is 0 Å². The Bertz CT molecular complexity index is 790. The van der Waals surface area contributed by atoms with E-state index >= 15 is 0 Å².